The molecule has 0 aliphatic rings. The van der Waals surface area contributed by atoms with E-state index in [0.717, 1.165) is 17.2 Å². The highest BCUT2D eigenvalue weighted by Gasteiger charge is 2.22. The molecule has 0 atom stereocenters. The number of hydrogen-bond donors (Lipinski definition) is 3. The number of aryl methyl sites for hydroxylation is 2. The smallest absolute Gasteiger partial charge is 0.310 e. The number of aromatic hydroxyl groups is 2. The number of phenols is 2. The Morgan fingerprint density at radius 3 is 2.23 bits per heavy atom. The number of hydrogen-bond acceptors (Lipinski definition) is 7. The van der Waals surface area contributed by atoms with Crippen LogP contribution in [0.15, 0.2) is 66.7 Å². The predicted octanol–water partition coefficient (Wildman–Crippen LogP) is 6.78. The minimum Gasteiger partial charge on any atom is -0.507 e. The van der Waals surface area contributed by atoms with Crippen LogP contribution >= 0.6 is 0 Å². The molecule has 43 heavy (non-hydrogen) atoms. The lowest BCUT2D eigenvalue weighted by molar-refractivity contribution is -0.142. The van der Waals surface area contributed by atoms with Gasteiger partial charge in [0, 0.05) is 40.1 Å². The quantitative estimate of drug-likeness (QED) is 0.188. The Morgan fingerprint density at radius 1 is 0.930 bits per heavy atom. The number of phenolic OH excluding ortho intramolecular Hbond substituents is 2. The summed E-state index contributed by atoms with van der Waals surface area (Å²) in [5.74, 6) is -1.01. The average molecular weight is 586 g/mol. The second kappa shape index (κ2) is 12.6. The molecule has 0 saturated carbocycles. The molecule has 0 aliphatic carbocycles. The SMILES string of the molecule is CC(C)(C)O.CCOC(=O)Cc1c(C)nc2cc(-c3cccc(-c4ccc(F)cc4O)c3)nn2c1-c1ccc(C)cc1O. The summed E-state index contributed by atoms with van der Waals surface area (Å²) in [7, 11) is 0. The van der Waals surface area contributed by atoms with Crippen molar-refractivity contribution in [3.63, 3.8) is 0 Å². The molecule has 3 aromatic carbocycles. The molecule has 0 spiro atoms. The van der Waals surface area contributed by atoms with Gasteiger partial charge in [-0.1, -0.05) is 24.3 Å². The first-order chi connectivity index (χ1) is 20.2. The van der Waals surface area contributed by atoms with Crippen LogP contribution in [0.3, 0.4) is 0 Å². The zero-order chi connectivity index (χ0) is 31.5. The molecule has 224 valence electrons. The second-order valence-electron chi connectivity index (χ2n) is 11.2. The maximum atomic E-state index is 13.5. The largest absolute Gasteiger partial charge is 0.507 e. The first-order valence-corrected chi connectivity index (χ1v) is 13.9. The van der Waals surface area contributed by atoms with Crippen LogP contribution in [0.2, 0.25) is 0 Å². The molecule has 5 rings (SSSR count). The number of aliphatic hydroxyl groups is 1. The van der Waals surface area contributed by atoms with Crippen LogP contribution in [0.4, 0.5) is 4.39 Å². The van der Waals surface area contributed by atoms with Crippen molar-refractivity contribution in [2.24, 2.45) is 0 Å². The van der Waals surface area contributed by atoms with Crippen molar-refractivity contribution in [3.05, 3.63) is 89.4 Å². The summed E-state index contributed by atoms with van der Waals surface area (Å²) in [6.07, 6.45) is -0.0280. The Morgan fingerprint density at radius 2 is 1.58 bits per heavy atom. The van der Waals surface area contributed by atoms with Crippen molar-refractivity contribution >= 4 is 11.6 Å². The highest BCUT2D eigenvalue weighted by molar-refractivity contribution is 5.81. The number of esters is 1. The van der Waals surface area contributed by atoms with E-state index in [1.54, 1.807) is 44.3 Å². The van der Waals surface area contributed by atoms with Crippen LogP contribution in [0.5, 0.6) is 11.5 Å². The fourth-order valence-electron chi connectivity index (χ4n) is 4.58. The summed E-state index contributed by atoms with van der Waals surface area (Å²) in [5.41, 5.74) is 5.76. The van der Waals surface area contributed by atoms with Crippen LogP contribution in [0.25, 0.3) is 39.3 Å². The third-order valence-electron chi connectivity index (χ3n) is 6.37. The molecule has 0 fully saturated rings. The molecule has 5 aromatic rings. The molecule has 0 unspecified atom stereocenters. The van der Waals surface area contributed by atoms with E-state index in [4.69, 9.17) is 19.9 Å². The van der Waals surface area contributed by atoms with Gasteiger partial charge in [-0.15, -0.1) is 0 Å². The second-order valence-corrected chi connectivity index (χ2v) is 11.2. The summed E-state index contributed by atoms with van der Waals surface area (Å²) < 4.78 is 20.3. The van der Waals surface area contributed by atoms with E-state index >= 15 is 0 Å². The van der Waals surface area contributed by atoms with Gasteiger partial charge in [0.05, 0.1) is 30.0 Å². The van der Waals surface area contributed by atoms with Crippen LogP contribution in [0, 0.1) is 19.7 Å². The molecule has 0 amide bonds. The first kappa shape index (κ1) is 31.2. The van der Waals surface area contributed by atoms with Gasteiger partial charge in [0.15, 0.2) is 5.65 Å². The van der Waals surface area contributed by atoms with E-state index in [-0.39, 0.29) is 24.5 Å². The lowest BCUT2D eigenvalue weighted by Gasteiger charge is -2.15. The van der Waals surface area contributed by atoms with Gasteiger partial charge in [0.25, 0.3) is 0 Å². The zero-order valence-corrected chi connectivity index (χ0v) is 25.1. The van der Waals surface area contributed by atoms with Crippen molar-refractivity contribution in [2.75, 3.05) is 6.61 Å². The van der Waals surface area contributed by atoms with Gasteiger partial charge in [-0.05, 0) is 83.0 Å². The lowest BCUT2D eigenvalue weighted by atomic mass is 10.00. The minimum absolute atomic E-state index is 0.0280. The Hall–Kier alpha value is -4.76. The van der Waals surface area contributed by atoms with Crippen molar-refractivity contribution in [1.29, 1.82) is 0 Å². The number of carbonyl (C=O) groups is 1. The topological polar surface area (TPSA) is 117 Å². The molecular weight excluding hydrogens is 549 g/mol. The van der Waals surface area contributed by atoms with Crippen LogP contribution in [-0.2, 0) is 16.0 Å². The summed E-state index contributed by atoms with van der Waals surface area (Å²) in [6, 6.07) is 18.4. The fraction of sp³-hybridized carbons (Fsp3) is 0.265. The molecule has 9 heteroatoms. The molecule has 8 nitrogen and oxygen atoms in total. The highest BCUT2D eigenvalue weighted by Crippen LogP contribution is 2.36. The van der Waals surface area contributed by atoms with Crippen molar-refractivity contribution in [1.82, 2.24) is 14.6 Å². The maximum absolute atomic E-state index is 13.5. The molecular formula is C34H36FN3O5. The van der Waals surface area contributed by atoms with Gasteiger partial charge in [-0.3, -0.25) is 4.79 Å². The number of benzene rings is 3. The van der Waals surface area contributed by atoms with E-state index in [9.17, 15) is 19.4 Å². The number of fused-ring (bicyclic) bond motifs is 1. The van der Waals surface area contributed by atoms with E-state index in [2.05, 4.69) is 0 Å². The number of carbonyl (C=O) groups excluding carboxylic acids is 1. The van der Waals surface area contributed by atoms with Crippen LogP contribution in [-0.4, -0.2) is 48.1 Å². The summed E-state index contributed by atoms with van der Waals surface area (Å²) in [5, 5.41) is 34.5. The van der Waals surface area contributed by atoms with Crippen molar-refractivity contribution in [2.45, 2.75) is 53.6 Å². The van der Waals surface area contributed by atoms with Gasteiger partial charge < -0.3 is 20.1 Å². The predicted molar refractivity (Wildman–Crippen MR) is 164 cm³/mol. The van der Waals surface area contributed by atoms with Gasteiger partial charge in [-0.2, -0.15) is 5.10 Å². The molecule has 2 heterocycles. The molecule has 0 saturated heterocycles. The monoisotopic (exact) mass is 585 g/mol. The van der Waals surface area contributed by atoms with Crippen LogP contribution in [0.1, 0.15) is 44.5 Å². The highest BCUT2D eigenvalue weighted by atomic mass is 19.1. The van der Waals surface area contributed by atoms with Crippen molar-refractivity contribution in [3.8, 4) is 45.1 Å². The summed E-state index contributed by atoms with van der Waals surface area (Å²) >= 11 is 0. The van der Waals surface area contributed by atoms with E-state index in [0.29, 0.717) is 45.0 Å². The Kier molecular flexibility index (Phi) is 9.16. The number of rotatable bonds is 6. The zero-order valence-electron chi connectivity index (χ0n) is 25.1. The Bertz CT molecular complexity index is 1780. The van der Waals surface area contributed by atoms with E-state index < -0.39 is 17.4 Å². The average Bonchev–Trinajstić information content (AvgIpc) is 3.32. The van der Waals surface area contributed by atoms with Gasteiger partial charge in [-0.25, -0.2) is 13.9 Å². The number of nitrogens with zero attached hydrogens (tertiary/aromatic N) is 3. The van der Waals surface area contributed by atoms with Gasteiger partial charge >= 0.3 is 5.97 Å². The Labute approximate surface area is 250 Å². The molecule has 0 bridgehead atoms. The van der Waals surface area contributed by atoms with Gasteiger partial charge in [0.1, 0.15) is 17.3 Å². The molecule has 0 radical (unpaired) electrons. The van der Waals surface area contributed by atoms with Crippen LogP contribution < -0.4 is 0 Å². The van der Waals surface area contributed by atoms with E-state index in [1.165, 1.54) is 12.1 Å². The molecule has 2 aromatic heterocycles. The number of ether oxygens (including phenoxy) is 1. The summed E-state index contributed by atoms with van der Waals surface area (Å²) in [6.45, 7) is 10.9. The third-order valence-corrected chi connectivity index (χ3v) is 6.37. The fourth-order valence-corrected chi connectivity index (χ4v) is 4.58. The molecule has 3 N–H and O–H groups in total. The normalized spacial score (nSPS) is 11.3. The first-order valence-electron chi connectivity index (χ1n) is 13.9. The van der Waals surface area contributed by atoms with Crippen molar-refractivity contribution < 1.29 is 29.2 Å². The van der Waals surface area contributed by atoms with E-state index in [1.807, 2.05) is 50.2 Å². The standard InChI is InChI=1S/C30H26FN3O4.C4H10O/c1-4-38-29(37)15-24-18(3)32-28-16-25(33-34(28)30(24)23-10-8-17(2)12-26(23)35)20-7-5-6-19(13-20)22-11-9-21(31)14-27(22)36;1-4(2,3)5/h5-14,16,35-36H,4,15H2,1-3H3;5H,1-3H3. The third kappa shape index (κ3) is 7.55. The molecule has 0 aliphatic heterocycles. The number of halogens is 1. The summed E-state index contributed by atoms with van der Waals surface area (Å²) in [4.78, 5) is 17.2. The van der Waals surface area contributed by atoms with Gasteiger partial charge in [0.2, 0.25) is 0 Å². The maximum Gasteiger partial charge on any atom is 0.310 e. The Balaban J connectivity index is 0.000000782. The number of aromatic nitrogens is 3. The minimum atomic E-state index is -0.519. The lowest BCUT2D eigenvalue weighted by Crippen LogP contribution is -2.13.